The molecule has 1 fully saturated rings. The Kier molecular flexibility index (Phi) is 5.74. The summed E-state index contributed by atoms with van der Waals surface area (Å²) in [5.41, 5.74) is 4.16. The van der Waals surface area contributed by atoms with Crippen molar-refractivity contribution in [3.05, 3.63) is 28.5 Å². The maximum atomic E-state index is 11.9. The van der Waals surface area contributed by atoms with E-state index in [-0.39, 0.29) is 6.61 Å². The third kappa shape index (κ3) is 4.62. The number of β-amino-alcohol motifs (C(OH)–C–C–N with tert-alkyl or cyclic N) is 1. The average molecular weight is 364 g/mol. The third-order valence-corrected chi connectivity index (χ3v) is 4.57. The number of aromatic nitrogens is 3. The lowest BCUT2D eigenvalue weighted by Gasteiger charge is -2.35. The summed E-state index contributed by atoms with van der Waals surface area (Å²) in [6.07, 6.45) is 1.46. The highest BCUT2D eigenvalue weighted by Crippen LogP contribution is 2.18. The minimum Gasteiger partial charge on any atom is -0.395 e. The van der Waals surface area contributed by atoms with E-state index < -0.39 is 5.97 Å². The average Bonchev–Trinajstić information content (AvgIpc) is 3.15. The van der Waals surface area contributed by atoms with Crippen LogP contribution in [-0.4, -0.2) is 70.3 Å². The molecule has 1 aliphatic rings. The molecule has 25 heavy (non-hydrogen) atoms. The number of carbonyl (C=O) groups is 1. The SMILES string of the molecule is Cc1nc(NOC(=O)c2cncs2)cc(N2CCN(CCO)CC2)n1. The van der Waals surface area contributed by atoms with E-state index >= 15 is 0 Å². The molecular formula is C15H20N6O3S. The molecular weight excluding hydrogens is 344 g/mol. The van der Waals surface area contributed by atoms with Crippen molar-refractivity contribution in [2.45, 2.75) is 6.92 Å². The third-order valence-electron chi connectivity index (χ3n) is 3.82. The van der Waals surface area contributed by atoms with Gasteiger partial charge >= 0.3 is 5.97 Å². The summed E-state index contributed by atoms with van der Waals surface area (Å²) in [4.78, 5) is 34.2. The number of rotatable bonds is 6. The van der Waals surface area contributed by atoms with E-state index in [0.29, 0.717) is 23.1 Å². The lowest BCUT2D eigenvalue weighted by Crippen LogP contribution is -2.47. The number of carbonyl (C=O) groups excluding carboxylic acids is 1. The van der Waals surface area contributed by atoms with Crippen molar-refractivity contribution < 1.29 is 14.7 Å². The van der Waals surface area contributed by atoms with Gasteiger partial charge in [0.25, 0.3) is 0 Å². The second kappa shape index (κ2) is 8.19. The predicted molar refractivity (Wildman–Crippen MR) is 93.7 cm³/mol. The Morgan fingerprint density at radius 3 is 2.84 bits per heavy atom. The second-order valence-corrected chi connectivity index (χ2v) is 6.45. The Bertz CT molecular complexity index is 703. The number of piperazine rings is 1. The highest BCUT2D eigenvalue weighted by atomic mass is 32.1. The topological polar surface area (TPSA) is 104 Å². The number of aliphatic hydroxyl groups excluding tert-OH is 1. The number of hydrogen-bond donors (Lipinski definition) is 2. The molecule has 10 heteroatoms. The van der Waals surface area contributed by atoms with E-state index in [1.54, 1.807) is 18.5 Å². The van der Waals surface area contributed by atoms with Crippen LogP contribution in [-0.2, 0) is 4.84 Å². The molecule has 0 bridgehead atoms. The van der Waals surface area contributed by atoms with Crippen molar-refractivity contribution in [3.8, 4) is 0 Å². The molecule has 3 rings (SSSR count). The molecule has 0 spiro atoms. The first kappa shape index (κ1) is 17.5. The van der Waals surface area contributed by atoms with Gasteiger partial charge in [-0.3, -0.25) is 9.88 Å². The summed E-state index contributed by atoms with van der Waals surface area (Å²) >= 11 is 1.21. The molecule has 0 amide bonds. The molecule has 1 saturated heterocycles. The van der Waals surface area contributed by atoms with E-state index in [4.69, 9.17) is 9.94 Å². The minimum absolute atomic E-state index is 0.172. The Labute approximate surface area is 149 Å². The fourth-order valence-corrected chi connectivity index (χ4v) is 3.07. The zero-order valence-electron chi connectivity index (χ0n) is 13.9. The summed E-state index contributed by atoms with van der Waals surface area (Å²) in [5.74, 6) is 1.30. The number of hydrogen-bond acceptors (Lipinski definition) is 10. The van der Waals surface area contributed by atoms with Crippen molar-refractivity contribution in [2.75, 3.05) is 49.7 Å². The van der Waals surface area contributed by atoms with Gasteiger partial charge in [0.1, 0.15) is 16.5 Å². The van der Waals surface area contributed by atoms with Crippen LogP contribution in [0.2, 0.25) is 0 Å². The van der Waals surface area contributed by atoms with Crippen LogP contribution in [0.15, 0.2) is 17.8 Å². The predicted octanol–water partition coefficient (Wildman–Crippen LogP) is 0.540. The smallest absolute Gasteiger partial charge is 0.374 e. The number of nitrogens with zero attached hydrogens (tertiary/aromatic N) is 5. The lowest BCUT2D eigenvalue weighted by molar-refractivity contribution is 0.0600. The molecule has 0 aromatic carbocycles. The zero-order valence-corrected chi connectivity index (χ0v) is 14.7. The first-order valence-corrected chi connectivity index (χ1v) is 8.83. The fourth-order valence-electron chi connectivity index (χ4n) is 2.57. The van der Waals surface area contributed by atoms with Crippen molar-refractivity contribution in [1.29, 1.82) is 0 Å². The van der Waals surface area contributed by atoms with Gasteiger partial charge in [-0.1, -0.05) is 0 Å². The van der Waals surface area contributed by atoms with Gasteiger partial charge in [-0.2, -0.15) is 5.48 Å². The Morgan fingerprint density at radius 2 is 2.16 bits per heavy atom. The van der Waals surface area contributed by atoms with Crippen molar-refractivity contribution in [2.24, 2.45) is 0 Å². The van der Waals surface area contributed by atoms with Crippen LogP contribution in [0.25, 0.3) is 0 Å². The molecule has 0 saturated carbocycles. The normalized spacial score (nSPS) is 15.2. The van der Waals surface area contributed by atoms with Gasteiger partial charge in [0, 0.05) is 38.8 Å². The number of thiazole rings is 1. The number of aryl methyl sites for hydroxylation is 1. The summed E-state index contributed by atoms with van der Waals surface area (Å²) in [6.45, 7) is 6.02. The molecule has 0 aliphatic carbocycles. The molecule has 9 nitrogen and oxygen atoms in total. The molecule has 0 atom stereocenters. The maximum Gasteiger partial charge on any atom is 0.374 e. The van der Waals surface area contributed by atoms with Crippen LogP contribution in [0, 0.1) is 6.92 Å². The van der Waals surface area contributed by atoms with Crippen LogP contribution in [0.5, 0.6) is 0 Å². The van der Waals surface area contributed by atoms with Gasteiger partial charge in [-0.25, -0.2) is 14.8 Å². The Balaban J connectivity index is 1.62. The number of nitrogens with one attached hydrogen (secondary N) is 1. The second-order valence-electron chi connectivity index (χ2n) is 5.57. The Hall–Kier alpha value is -2.30. The van der Waals surface area contributed by atoms with Gasteiger partial charge in [-0.05, 0) is 6.92 Å². The van der Waals surface area contributed by atoms with Crippen LogP contribution < -0.4 is 10.4 Å². The van der Waals surface area contributed by atoms with E-state index in [0.717, 1.165) is 32.0 Å². The van der Waals surface area contributed by atoms with Crippen molar-refractivity contribution in [3.63, 3.8) is 0 Å². The molecule has 2 aromatic rings. The van der Waals surface area contributed by atoms with E-state index in [1.165, 1.54) is 17.5 Å². The first-order valence-electron chi connectivity index (χ1n) is 7.95. The summed E-state index contributed by atoms with van der Waals surface area (Å²) < 4.78 is 0. The standard InChI is InChI=1S/C15H20N6O3S/c1-11-17-13(19-24-15(23)12-9-16-10-25-12)8-14(18-11)21-4-2-20(3-5-21)6-7-22/h8-10,22H,2-7H2,1H3,(H,17,18,19). The molecule has 3 heterocycles. The largest absolute Gasteiger partial charge is 0.395 e. The van der Waals surface area contributed by atoms with Crippen LogP contribution in [0.3, 0.4) is 0 Å². The first-order chi connectivity index (χ1) is 12.2. The van der Waals surface area contributed by atoms with Crippen molar-refractivity contribution >= 4 is 28.9 Å². The monoisotopic (exact) mass is 364 g/mol. The highest BCUT2D eigenvalue weighted by molar-refractivity contribution is 7.11. The van der Waals surface area contributed by atoms with Gasteiger partial charge < -0.3 is 14.8 Å². The van der Waals surface area contributed by atoms with E-state index in [2.05, 4.69) is 30.2 Å². The summed E-state index contributed by atoms with van der Waals surface area (Å²) in [5, 5.41) is 9.02. The van der Waals surface area contributed by atoms with E-state index in [9.17, 15) is 4.79 Å². The minimum atomic E-state index is -0.502. The molecule has 2 N–H and O–H groups in total. The van der Waals surface area contributed by atoms with Crippen LogP contribution >= 0.6 is 11.3 Å². The summed E-state index contributed by atoms with van der Waals surface area (Å²) in [6, 6.07) is 1.76. The van der Waals surface area contributed by atoms with E-state index in [1.807, 2.05) is 0 Å². The van der Waals surface area contributed by atoms with Crippen LogP contribution in [0.4, 0.5) is 11.6 Å². The quantitative estimate of drug-likeness (QED) is 0.711. The fraction of sp³-hybridized carbons (Fsp3) is 0.467. The molecule has 0 radical (unpaired) electrons. The maximum absolute atomic E-state index is 11.9. The Morgan fingerprint density at radius 1 is 1.36 bits per heavy atom. The van der Waals surface area contributed by atoms with Crippen LogP contribution in [0.1, 0.15) is 15.5 Å². The highest BCUT2D eigenvalue weighted by Gasteiger charge is 2.19. The van der Waals surface area contributed by atoms with Gasteiger partial charge in [-0.15, -0.1) is 11.3 Å². The molecule has 134 valence electrons. The zero-order chi connectivity index (χ0) is 17.6. The van der Waals surface area contributed by atoms with Gasteiger partial charge in [0.15, 0.2) is 5.82 Å². The van der Waals surface area contributed by atoms with Crippen molar-refractivity contribution in [1.82, 2.24) is 19.9 Å². The van der Waals surface area contributed by atoms with Gasteiger partial charge in [0.05, 0.1) is 18.3 Å². The molecule has 2 aromatic heterocycles. The molecule has 0 unspecified atom stereocenters. The lowest BCUT2D eigenvalue weighted by atomic mass is 10.3. The van der Waals surface area contributed by atoms with Gasteiger partial charge in [0.2, 0.25) is 0 Å². The number of aliphatic hydroxyl groups is 1. The molecule has 1 aliphatic heterocycles. The summed E-state index contributed by atoms with van der Waals surface area (Å²) in [7, 11) is 0. The number of anilines is 2.